The molecule has 1 aromatic carbocycles. The molecular weight excluding hydrogens is 224 g/mol. The third kappa shape index (κ3) is 3.06. The lowest BCUT2D eigenvalue weighted by Crippen LogP contribution is -2.42. The molecule has 3 heteroatoms. The Hall–Kier alpha value is -1.45. The number of rotatable bonds is 4. The Labute approximate surface area is 108 Å². The number of hydrogen-bond donors (Lipinski definition) is 2. The summed E-state index contributed by atoms with van der Waals surface area (Å²) in [5.41, 5.74) is 3.02. The normalized spacial score (nSPS) is 12.0. The van der Waals surface area contributed by atoms with Crippen molar-refractivity contribution in [1.82, 2.24) is 10.3 Å². The van der Waals surface area contributed by atoms with Crippen molar-refractivity contribution in [3.8, 4) is 0 Å². The average molecular weight is 244 g/mol. The maximum absolute atomic E-state index is 9.20. The van der Waals surface area contributed by atoms with E-state index in [1.54, 1.807) is 0 Å². The van der Waals surface area contributed by atoms with Crippen LogP contribution in [0.25, 0.3) is 10.9 Å². The lowest BCUT2D eigenvalue weighted by Gasteiger charge is -2.23. The van der Waals surface area contributed by atoms with Crippen molar-refractivity contribution in [2.45, 2.75) is 32.9 Å². The number of nitrogens with zero attached hydrogens (tertiary/aromatic N) is 1. The van der Waals surface area contributed by atoms with E-state index < -0.39 is 0 Å². The predicted octanol–water partition coefficient (Wildman–Crippen LogP) is 2.40. The number of aromatic nitrogens is 1. The molecule has 0 atom stereocenters. The van der Waals surface area contributed by atoms with Gasteiger partial charge in [0.2, 0.25) is 0 Å². The number of fused-ring (bicyclic) bond motifs is 1. The van der Waals surface area contributed by atoms with Gasteiger partial charge in [-0.2, -0.15) is 0 Å². The van der Waals surface area contributed by atoms with Crippen LogP contribution in [0.15, 0.2) is 30.3 Å². The van der Waals surface area contributed by atoms with Crippen LogP contribution in [0.2, 0.25) is 0 Å². The van der Waals surface area contributed by atoms with Crippen LogP contribution in [0, 0.1) is 6.92 Å². The minimum atomic E-state index is -0.250. The molecule has 0 fully saturated rings. The third-order valence-corrected chi connectivity index (χ3v) is 3.06. The molecule has 1 aromatic heterocycles. The molecule has 0 amide bonds. The first kappa shape index (κ1) is 13.0. The fraction of sp³-hybridized carbons (Fsp3) is 0.400. The zero-order valence-corrected chi connectivity index (χ0v) is 11.2. The van der Waals surface area contributed by atoms with Gasteiger partial charge in [0.25, 0.3) is 0 Å². The van der Waals surface area contributed by atoms with Crippen molar-refractivity contribution in [2.75, 3.05) is 6.61 Å². The van der Waals surface area contributed by atoms with Gasteiger partial charge in [0.05, 0.1) is 12.1 Å². The predicted molar refractivity (Wildman–Crippen MR) is 74.5 cm³/mol. The molecule has 18 heavy (non-hydrogen) atoms. The molecule has 96 valence electrons. The smallest absolute Gasteiger partial charge is 0.0705 e. The molecule has 0 aliphatic heterocycles. The number of pyridine rings is 1. The van der Waals surface area contributed by atoms with Crippen molar-refractivity contribution in [2.24, 2.45) is 0 Å². The van der Waals surface area contributed by atoms with Crippen molar-refractivity contribution in [1.29, 1.82) is 0 Å². The van der Waals surface area contributed by atoms with E-state index in [0.29, 0.717) is 0 Å². The van der Waals surface area contributed by atoms with Gasteiger partial charge in [-0.1, -0.05) is 12.1 Å². The molecule has 2 aromatic rings. The number of nitrogens with one attached hydrogen (secondary N) is 1. The Kier molecular flexibility index (Phi) is 3.64. The van der Waals surface area contributed by atoms with E-state index in [9.17, 15) is 5.11 Å². The molecule has 2 N–H and O–H groups in total. The molecule has 0 bridgehead atoms. The minimum absolute atomic E-state index is 0.126. The molecular formula is C15H20N2O. The summed E-state index contributed by atoms with van der Waals surface area (Å²) >= 11 is 0. The molecule has 0 aliphatic rings. The lowest BCUT2D eigenvalue weighted by atomic mass is 10.1. The van der Waals surface area contributed by atoms with Gasteiger partial charge in [0.1, 0.15) is 0 Å². The van der Waals surface area contributed by atoms with E-state index >= 15 is 0 Å². The molecule has 3 nitrogen and oxygen atoms in total. The summed E-state index contributed by atoms with van der Waals surface area (Å²) in [4.78, 5) is 4.48. The highest BCUT2D eigenvalue weighted by Crippen LogP contribution is 2.15. The van der Waals surface area contributed by atoms with E-state index in [4.69, 9.17) is 0 Å². The van der Waals surface area contributed by atoms with Gasteiger partial charge in [0, 0.05) is 23.2 Å². The average Bonchev–Trinajstić information content (AvgIpc) is 2.36. The zero-order valence-electron chi connectivity index (χ0n) is 11.2. The second kappa shape index (κ2) is 5.04. The van der Waals surface area contributed by atoms with Crippen molar-refractivity contribution in [3.05, 3.63) is 41.6 Å². The number of benzene rings is 1. The van der Waals surface area contributed by atoms with Gasteiger partial charge < -0.3 is 10.4 Å². The van der Waals surface area contributed by atoms with E-state index in [0.717, 1.165) is 23.1 Å². The highest BCUT2D eigenvalue weighted by atomic mass is 16.3. The Balaban J connectivity index is 2.18. The van der Waals surface area contributed by atoms with Crippen LogP contribution in [0.1, 0.15) is 25.1 Å². The van der Waals surface area contributed by atoms with Crippen LogP contribution in [-0.4, -0.2) is 22.2 Å². The summed E-state index contributed by atoms with van der Waals surface area (Å²) in [7, 11) is 0. The van der Waals surface area contributed by atoms with E-state index in [1.165, 1.54) is 5.56 Å². The molecule has 2 rings (SSSR count). The lowest BCUT2D eigenvalue weighted by molar-refractivity contribution is 0.187. The van der Waals surface area contributed by atoms with Crippen LogP contribution < -0.4 is 5.32 Å². The Morgan fingerprint density at radius 3 is 2.72 bits per heavy atom. The summed E-state index contributed by atoms with van der Waals surface area (Å²) in [5, 5.41) is 13.7. The molecule has 0 saturated heterocycles. The molecule has 1 heterocycles. The fourth-order valence-corrected chi connectivity index (χ4v) is 1.78. The van der Waals surface area contributed by atoms with Crippen molar-refractivity contribution in [3.63, 3.8) is 0 Å². The van der Waals surface area contributed by atoms with Crippen molar-refractivity contribution >= 4 is 10.9 Å². The quantitative estimate of drug-likeness (QED) is 0.868. The van der Waals surface area contributed by atoms with E-state index in [2.05, 4.69) is 28.5 Å². The Morgan fingerprint density at radius 2 is 2.00 bits per heavy atom. The van der Waals surface area contributed by atoms with Gasteiger partial charge in [-0.15, -0.1) is 0 Å². The summed E-state index contributed by atoms with van der Waals surface area (Å²) in [6, 6.07) is 10.4. The number of aliphatic hydroxyl groups excluding tert-OH is 1. The van der Waals surface area contributed by atoms with Crippen LogP contribution in [0.4, 0.5) is 0 Å². The topological polar surface area (TPSA) is 45.1 Å². The second-order valence-electron chi connectivity index (χ2n) is 5.38. The van der Waals surface area contributed by atoms with Gasteiger partial charge in [-0.3, -0.25) is 4.98 Å². The summed E-state index contributed by atoms with van der Waals surface area (Å²) in [6.45, 7) is 6.84. The first-order valence-electron chi connectivity index (χ1n) is 6.22. The standard InChI is InChI=1S/C15H20N2O/c1-11-4-6-13-8-12(5-7-14(13)17-11)9-16-15(2,3)10-18/h4-8,16,18H,9-10H2,1-3H3. The zero-order chi connectivity index (χ0) is 13.2. The maximum Gasteiger partial charge on any atom is 0.0705 e. The Bertz CT molecular complexity index is 549. The first-order chi connectivity index (χ1) is 8.50. The highest BCUT2D eigenvalue weighted by molar-refractivity contribution is 5.79. The molecule has 0 unspecified atom stereocenters. The first-order valence-corrected chi connectivity index (χ1v) is 6.22. The summed E-state index contributed by atoms with van der Waals surface area (Å²) < 4.78 is 0. The Morgan fingerprint density at radius 1 is 1.22 bits per heavy atom. The second-order valence-corrected chi connectivity index (χ2v) is 5.38. The van der Waals surface area contributed by atoms with E-state index in [1.807, 2.05) is 32.9 Å². The molecule has 0 spiro atoms. The number of aliphatic hydroxyl groups is 1. The van der Waals surface area contributed by atoms with Gasteiger partial charge >= 0.3 is 0 Å². The summed E-state index contributed by atoms with van der Waals surface area (Å²) in [6.07, 6.45) is 0. The van der Waals surface area contributed by atoms with Crippen LogP contribution in [-0.2, 0) is 6.54 Å². The van der Waals surface area contributed by atoms with E-state index in [-0.39, 0.29) is 12.1 Å². The van der Waals surface area contributed by atoms with Crippen LogP contribution in [0.3, 0.4) is 0 Å². The minimum Gasteiger partial charge on any atom is -0.394 e. The number of hydrogen-bond acceptors (Lipinski definition) is 3. The van der Waals surface area contributed by atoms with Crippen molar-refractivity contribution < 1.29 is 5.11 Å². The third-order valence-electron chi connectivity index (χ3n) is 3.06. The number of aryl methyl sites for hydroxylation is 1. The van der Waals surface area contributed by atoms with Gasteiger partial charge in [0.15, 0.2) is 0 Å². The largest absolute Gasteiger partial charge is 0.394 e. The fourth-order valence-electron chi connectivity index (χ4n) is 1.78. The van der Waals surface area contributed by atoms with Crippen LogP contribution >= 0.6 is 0 Å². The molecule has 0 radical (unpaired) electrons. The molecule has 0 saturated carbocycles. The monoisotopic (exact) mass is 244 g/mol. The highest BCUT2D eigenvalue weighted by Gasteiger charge is 2.14. The maximum atomic E-state index is 9.20. The van der Waals surface area contributed by atoms with Gasteiger partial charge in [-0.05, 0) is 44.5 Å². The van der Waals surface area contributed by atoms with Crippen LogP contribution in [0.5, 0.6) is 0 Å². The SMILES string of the molecule is Cc1ccc2cc(CNC(C)(C)CO)ccc2n1. The summed E-state index contributed by atoms with van der Waals surface area (Å²) in [5.74, 6) is 0. The van der Waals surface area contributed by atoms with Gasteiger partial charge in [-0.25, -0.2) is 0 Å². The molecule has 0 aliphatic carbocycles.